The molecule has 0 atom stereocenters. The van der Waals surface area contributed by atoms with Gasteiger partial charge in [-0.15, -0.1) is 0 Å². The van der Waals surface area contributed by atoms with Gasteiger partial charge in [-0.1, -0.05) is 0 Å². The van der Waals surface area contributed by atoms with Crippen LogP contribution in [0.4, 0.5) is 5.69 Å². The lowest BCUT2D eigenvalue weighted by Crippen LogP contribution is -2.22. The van der Waals surface area contributed by atoms with Gasteiger partial charge in [-0.05, 0) is 61.9 Å². The van der Waals surface area contributed by atoms with Gasteiger partial charge in [0.25, 0.3) is 0 Å². The Morgan fingerprint density at radius 1 is 1.26 bits per heavy atom. The van der Waals surface area contributed by atoms with Crippen molar-refractivity contribution in [1.29, 1.82) is 5.26 Å². The average Bonchev–Trinajstić information content (AvgIpc) is 3.11. The molecular formula is C18H20N4O. The van der Waals surface area contributed by atoms with Gasteiger partial charge in [-0.2, -0.15) is 10.4 Å². The maximum Gasteiger partial charge on any atom is 0.224 e. The number of benzene rings is 1. The van der Waals surface area contributed by atoms with Crippen molar-refractivity contribution in [2.75, 3.05) is 5.32 Å². The van der Waals surface area contributed by atoms with Crippen LogP contribution < -0.4 is 5.32 Å². The first-order valence-corrected chi connectivity index (χ1v) is 8.04. The normalized spacial score (nSPS) is 20.7. The Hall–Kier alpha value is -2.61. The number of hydrogen-bond acceptors (Lipinski definition) is 3. The lowest BCUT2D eigenvalue weighted by atomic mass is 9.84. The highest BCUT2D eigenvalue weighted by molar-refractivity contribution is 5.90. The van der Waals surface area contributed by atoms with E-state index in [2.05, 4.69) is 16.5 Å². The topological polar surface area (TPSA) is 70.7 Å². The maximum atomic E-state index is 12.2. The number of amides is 1. The summed E-state index contributed by atoms with van der Waals surface area (Å²) in [7, 11) is 0. The molecule has 3 rings (SSSR count). The molecule has 1 fully saturated rings. The van der Waals surface area contributed by atoms with Gasteiger partial charge in [-0.25, -0.2) is 0 Å². The lowest BCUT2D eigenvalue weighted by Gasteiger charge is -2.28. The number of aromatic nitrogens is 2. The largest absolute Gasteiger partial charge is 0.326 e. The minimum atomic E-state index is 0.0530. The van der Waals surface area contributed by atoms with Crippen LogP contribution in [0.5, 0.6) is 0 Å². The molecule has 1 aliphatic carbocycles. The number of rotatable bonds is 4. The van der Waals surface area contributed by atoms with E-state index in [4.69, 9.17) is 5.26 Å². The number of nitrogens with zero attached hydrogens (tertiary/aromatic N) is 3. The van der Waals surface area contributed by atoms with E-state index in [0.29, 0.717) is 23.9 Å². The van der Waals surface area contributed by atoms with Crippen molar-refractivity contribution in [3.63, 3.8) is 0 Å². The first-order chi connectivity index (χ1) is 11.2. The summed E-state index contributed by atoms with van der Waals surface area (Å²) in [6.07, 6.45) is 8.68. The van der Waals surface area contributed by atoms with E-state index in [9.17, 15) is 4.79 Å². The van der Waals surface area contributed by atoms with Crippen LogP contribution in [0, 0.1) is 17.2 Å². The van der Waals surface area contributed by atoms with E-state index in [1.165, 1.54) is 0 Å². The molecular weight excluding hydrogens is 288 g/mol. The number of carbonyl (C=O) groups is 1. The minimum Gasteiger partial charge on any atom is -0.326 e. The standard InChI is InChI=1S/C18H20N4O/c19-13-15-2-6-16(7-3-15)21-18(23)12-14-4-8-17(9-5-14)22-11-1-10-20-22/h1-3,6-7,10-11,14,17H,4-5,8-9,12H2,(H,21,23)/t14-,17-. The molecule has 1 heterocycles. The lowest BCUT2D eigenvalue weighted by molar-refractivity contribution is -0.117. The fraction of sp³-hybridized carbons (Fsp3) is 0.389. The van der Waals surface area contributed by atoms with Gasteiger partial charge in [-0.3, -0.25) is 9.48 Å². The van der Waals surface area contributed by atoms with Crippen molar-refractivity contribution in [3.8, 4) is 6.07 Å². The molecule has 5 nitrogen and oxygen atoms in total. The molecule has 118 valence electrons. The Labute approximate surface area is 135 Å². The van der Waals surface area contributed by atoms with Crippen LogP contribution in [-0.4, -0.2) is 15.7 Å². The second kappa shape index (κ2) is 7.10. The molecule has 1 aromatic heterocycles. The van der Waals surface area contributed by atoms with Crippen molar-refractivity contribution in [3.05, 3.63) is 48.3 Å². The summed E-state index contributed by atoms with van der Waals surface area (Å²) in [6.45, 7) is 0. The number of nitrogens with one attached hydrogen (secondary N) is 1. The van der Waals surface area contributed by atoms with E-state index in [1.807, 2.05) is 23.1 Å². The SMILES string of the molecule is N#Cc1ccc(NC(=O)C[C@H]2CC[C@H](n3cccn3)CC2)cc1. The minimum absolute atomic E-state index is 0.0530. The van der Waals surface area contributed by atoms with Crippen LogP contribution in [0.15, 0.2) is 42.7 Å². The van der Waals surface area contributed by atoms with Gasteiger partial charge in [0.05, 0.1) is 17.7 Å². The summed E-state index contributed by atoms with van der Waals surface area (Å²) in [5.41, 5.74) is 1.35. The molecule has 0 spiro atoms. The van der Waals surface area contributed by atoms with E-state index in [1.54, 1.807) is 24.3 Å². The van der Waals surface area contributed by atoms with Gasteiger partial charge < -0.3 is 5.32 Å². The summed E-state index contributed by atoms with van der Waals surface area (Å²) < 4.78 is 2.03. The molecule has 23 heavy (non-hydrogen) atoms. The maximum absolute atomic E-state index is 12.2. The summed E-state index contributed by atoms with van der Waals surface area (Å²) in [5, 5.41) is 16.0. The average molecular weight is 308 g/mol. The number of nitriles is 1. The molecule has 1 aliphatic rings. The quantitative estimate of drug-likeness (QED) is 0.939. The third kappa shape index (κ3) is 3.98. The first-order valence-electron chi connectivity index (χ1n) is 8.04. The van der Waals surface area contributed by atoms with Gasteiger partial charge in [0.1, 0.15) is 0 Å². The van der Waals surface area contributed by atoms with Gasteiger partial charge in [0.15, 0.2) is 0 Å². The smallest absolute Gasteiger partial charge is 0.224 e. The Morgan fingerprint density at radius 3 is 2.61 bits per heavy atom. The Bertz CT molecular complexity index is 677. The third-order valence-electron chi connectivity index (χ3n) is 4.49. The Balaban J connectivity index is 1.46. The Kier molecular flexibility index (Phi) is 4.72. The zero-order valence-electron chi connectivity index (χ0n) is 13.0. The molecule has 0 bridgehead atoms. The molecule has 1 saturated carbocycles. The van der Waals surface area contributed by atoms with Crippen LogP contribution in [0.2, 0.25) is 0 Å². The van der Waals surface area contributed by atoms with Crippen LogP contribution in [0.1, 0.15) is 43.7 Å². The fourth-order valence-electron chi connectivity index (χ4n) is 3.21. The number of anilines is 1. The molecule has 1 amide bonds. The number of hydrogen-bond donors (Lipinski definition) is 1. The molecule has 2 aromatic rings. The molecule has 0 aliphatic heterocycles. The van der Waals surface area contributed by atoms with Crippen molar-refractivity contribution < 1.29 is 4.79 Å². The predicted octanol–water partition coefficient (Wildman–Crippen LogP) is 3.51. The fourth-order valence-corrected chi connectivity index (χ4v) is 3.21. The van der Waals surface area contributed by atoms with Gasteiger partial charge in [0, 0.05) is 24.5 Å². The predicted molar refractivity (Wildman–Crippen MR) is 87.6 cm³/mol. The summed E-state index contributed by atoms with van der Waals surface area (Å²) in [6, 6.07) is 11.5. The van der Waals surface area contributed by atoms with Crippen LogP contribution in [0.3, 0.4) is 0 Å². The molecule has 0 saturated heterocycles. The zero-order chi connectivity index (χ0) is 16.1. The second-order valence-electron chi connectivity index (χ2n) is 6.10. The van der Waals surface area contributed by atoms with E-state index < -0.39 is 0 Å². The van der Waals surface area contributed by atoms with Crippen molar-refractivity contribution >= 4 is 11.6 Å². The zero-order valence-corrected chi connectivity index (χ0v) is 13.0. The van der Waals surface area contributed by atoms with Crippen LogP contribution in [0.25, 0.3) is 0 Å². The van der Waals surface area contributed by atoms with E-state index in [0.717, 1.165) is 31.4 Å². The van der Waals surface area contributed by atoms with Gasteiger partial charge in [0.2, 0.25) is 5.91 Å². The summed E-state index contributed by atoms with van der Waals surface area (Å²) in [4.78, 5) is 12.2. The molecule has 0 unspecified atom stereocenters. The monoisotopic (exact) mass is 308 g/mol. The van der Waals surface area contributed by atoms with Crippen LogP contribution >= 0.6 is 0 Å². The summed E-state index contributed by atoms with van der Waals surface area (Å²) in [5.74, 6) is 0.498. The van der Waals surface area contributed by atoms with E-state index >= 15 is 0 Å². The Morgan fingerprint density at radius 2 is 2.00 bits per heavy atom. The highest BCUT2D eigenvalue weighted by Crippen LogP contribution is 2.33. The van der Waals surface area contributed by atoms with Crippen LogP contribution in [-0.2, 0) is 4.79 Å². The highest BCUT2D eigenvalue weighted by atomic mass is 16.1. The van der Waals surface area contributed by atoms with Crippen molar-refractivity contribution in [2.45, 2.75) is 38.1 Å². The molecule has 5 heteroatoms. The molecule has 1 N–H and O–H groups in total. The summed E-state index contributed by atoms with van der Waals surface area (Å²) >= 11 is 0. The van der Waals surface area contributed by atoms with E-state index in [-0.39, 0.29) is 5.91 Å². The third-order valence-corrected chi connectivity index (χ3v) is 4.49. The molecule has 1 aromatic carbocycles. The van der Waals surface area contributed by atoms with Gasteiger partial charge >= 0.3 is 0 Å². The highest BCUT2D eigenvalue weighted by Gasteiger charge is 2.24. The second-order valence-corrected chi connectivity index (χ2v) is 6.10. The van der Waals surface area contributed by atoms with Crippen molar-refractivity contribution in [1.82, 2.24) is 9.78 Å². The van der Waals surface area contributed by atoms with Crippen molar-refractivity contribution in [2.24, 2.45) is 5.92 Å². The molecule has 0 radical (unpaired) electrons. The number of carbonyl (C=O) groups excluding carboxylic acids is 1. The first kappa shape index (κ1) is 15.3.